The highest BCUT2D eigenvalue weighted by Gasteiger charge is 2.37. The molecule has 1 atom stereocenters. The summed E-state index contributed by atoms with van der Waals surface area (Å²) >= 11 is 0. The topological polar surface area (TPSA) is 109 Å². The first-order valence-corrected chi connectivity index (χ1v) is 8.36. The van der Waals surface area contributed by atoms with E-state index in [9.17, 15) is 14.6 Å². The number of ether oxygens (including phenoxy) is 1. The number of nitrogens with one attached hydrogen (secondary N) is 1. The van der Waals surface area contributed by atoms with Gasteiger partial charge in [0.25, 0.3) is 0 Å². The molecule has 1 aliphatic heterocycles. The summed E-state index contributed by atoms with van der Waals surface area (Å²) < 4.78 is 10.7. The minimum absolute atomic E-state index is 0.0658. The van der Waals surface area contributed by atoms with Gasteiger partial charge in [0, 0.05) is 12.8 Å². The van der Waals surface area contributed by atoms with Gasteiger partial charge in [0.05, 0.1) is 18.6 Å². The highest BCUT2D eigenvalue weighted by Crippen LogP contribution is 2.30. The van der Waals surface area contributed by atoms with Crippen LogP contribution in [0.2, 0.25) is 0 Å². The van der Waals surface area contributed by atoms with Crippen LogP contribution in [0.1, 0.15) is 48.5 Å². The number of amides is 1. The second kappa shape index (κ2) is 9.09. The maximum Gasteiger partial charge on any atom is 0.547 e. The molecule has 0 aliphatic carbocycles. The first kappa shape index (κ1) is 18.8. The van der Waals surface area contributed by atoms with Crippen LogP contribution in [-0.4, -0.2) is 36.6 Å². The Morgan fingerprint density at radius 2 is 2.32 bits per heavy atom. The molecular formula is C17H21BN2O5. The molecule has 0 spiro atoms. The van der Waals surface area contributed by atoms with Crippen molar-refractivity contribution < 1.29 is 24.0 Å². The van der Waals surface area contributed by atoms with Crippen molar-refractivity contribution in [3.63, 3.8) is 0 Å². The van der Waals surface area contributed by atoms with E-state index in [0.717, 1.165) is 12.8 Å². The lowest BCUT2D eigenvalue weighted by Crippen LogP contribution is -2.53. The Bertz CT molecular complexity index is 673. The number of rotatable bonds is 7. The molecule has 0 saturated heterocycles. The number of esters is 1. The van der Waals surface area contributed by atoms with E-state index in [1.54, 1.807) is 18.2 Å². The lowest BCUT2D eigenvalue weighted by Gasteiger charge is -2.29. The Morgan fingerprint density at radius 3 is 3.04 bits per heavy atom. The first-order chi connectivity index (χ1) is 12.1. The number of fused-ring (bicyclic) bond motifs is 1. The van der Waals surface area contributed by atoms with Crippen LogP contribution in [0.15, 0.2) is 18.2 Å². The number of carbonyl (C=O) groups is 2. The number of nitriles is 1. The van der Waals surface area contributed by atoms with Gasteiger partial charge in [-0.1, -0.05) is 25.5 Å². The van der Waals surface area contributed by atoms with Crippen molar-refractivity contribution in [3.05, 3.63) is 29.3 Å². The monoisotopic (exact) mass is 344 g/mol. The Kier molecular flexibility index (Phi) is 6.84. The maximum absolute atomic E-state index is 12.2. The summed E-state index contributed by atoms with van der Waals surface area (Å²) in [6.45, 7) is 2.34. The van der Waals surface area contributed by atoms with E-state index in [1.807, 2.05) is 13.0 Å². The van der Waals surface area contributed by atoms with Crippen LogP contribution in [0.25, 0.3) is 0 Å². The van der Waals surface area contributed by atoms with Crippen molar-refractivity contribution >= 4 is 19.0 Å². The molecule has 0 unspecified atom stereocenters. The van der Waals surface area contributed by atoms with Crippen molar-refractivity contribution in [2.75, 3.05) is 6.61 Å². The van der Waals surface area contributed by atoms with Gasteiger partial charge in [-0.25, -0.2) is 4.79 Å². The Labute approximate surface area is 147 Å². The van der Waals surface area contributed by atoms with E-state index in [1.165, 1.54) is 0 Å². The van der Waals surface area contributed by atoms with Gasteiger partial charge < -0.3 is 19.7 Å². The third-order valence-corrected chi connectivity index (χ3v) is 3.88. The molecule has 132 valence electrons. The van der Waals surface area contributed by atoms with Crippen molar-refractivity contribution in [1.82, 2.24) is 5.32 Å². The largest absolute Gasteiger partial charge is 0.547 e. The number of benzene rings is 1. The molecule has 1 aromatic carbocycles. The van der Waals surface area contributed by atoms with Crippen molar-refractivity contribution in [2.45, 2.75) is 45.0 Å². The minimum atomic E-state index is -1.27. The molecule has 0 aromatic heterocycles. The van der Waals surface area contributed by atoms with Crippen molar-refractivity contribution in [2.24, 2.45) is 0 Å². The van der Waals surface area contributed by atoms with E-state index in [0.29, 0.717) is 24.3 Å². The average Bonchev–Trinajstić information content (AvgIpc) is 2.60. The van der Waals surface area contributed by atoms with E-state index in [2.05, 4.69) is 5.32 Å². The fraction of sp³-hybridized carbons (Fsp3) is 0.471. The molecule has 7 nitrogen and oxygen atoms in total. The summed E-state index contributed by atoms with van der Waals surface area (Å²) in [4.78, 5) is 23.9. The number of nitrogens with zero attached hydrogens (tertiary/aromatic N) is 1. The fourth-order valence-corrected chi connectivity index (χ4v) is 2.54. The van der Waals surface area contributed by atoms with Gasteiger partial charge >= 0.3 is 13.1 Å². The van der Waals surface area contributed by atoms with E-state index >= 15 is 0 Å². The van der Waals surface area contributed by atoms with Gasteiger partial charge in [-0.05, 0) is 24.5 Å². The molecule has 8 heteroatoms. The van der Waals surface area contributed by atoms with Crippen LogP contribution >= 0.6 is 0 Å². The van der Waals surface area contributed by atoms with Gasteiger partial charge in [0.1, 0.15) is 11.3 Å². The number of hydrogen-bond donors (Lipinski definition) is 2. The zero-order chi connectivity index (χ0) is 18.2. The van der Waals surface area contributed by atoms with Gasteiger partial charge in [-0.2, -0.15) is 5.26 Å². The van der Waals surface area contributed by atoms with Crippen molar-refractivity contribution in [1.29, 1.82) is 5.26 Å². The molecule has 25 heavy (non-hydrogen) atoms. The highest BCUT2D eigenvalue weighted by molar-refractivity contribution is 6.47. The van der Waals surface area contributed by atoms with E-state index in [-0.39, 0.29) is 24.3 Å². The Hall–Kier alpha value is -2.53. The van der Waals surface area contributed by atoms with Crippen molar-refractivity contribution in [3.8, 4) is 11.8 Å². The number of para-hydroxylation sites is 1. The molecule has 1 heterocycles. The quantitative estimate of drug-likeness (QED) is 0.440. The zero-order valence-electron chi connectivity index (χ0n) is 14.2. The van der Waals surface area contributed by atoms with Gasteiger partial charge in [-0.3, -0.25) is 4.79 Å². The van der Waals surface area contributed by atoms with Crippen LogP contribution in [0.5, 0.6) is 5.75 Å². The minimum Gasteiger partial charge on any atom is -0.534 e. The third kappa shape index (κ3) is 4.97. The summed E-state index contributed by atoms with van der Waals surface area (Å²) in [5.74, 6) is -1.16. The Morgan fingerprint density at radius 1 is 1.52 bits per heavy atom. The molecule has 1 aromatic rings. The lowest BCUT2D eigenvalue weighted by atomic mass is 9.72. The SMILES string of the molecule is CCCCOC(=O)c1cccc2c1OB(O)[C@@H](NC(=O)CCC#N)C2. The van der Waals surface area contributed by atoms with Crippen LogP contribution in [0, 0.1) is 11.3 Å². The standard InChI is InChI=1S/C17H21BN2O5/c1-2-3-10-24-17(22)13-7-4-6-12-11-14(18(23)25-16(12)13)20-15(21)8-5-9-19/h4,6-7,14,23H,2-3,5,8,10-11H2,1H3,(H,20,21)/t14-/m0/s1. The first-order valence-electron chi connectivity index (χ1n) is 8.36. The highest BCUT2D eigenvalue weighted by atomic mass is 16.5. The number of carbonyl (C=O) groups excluding carboxylic acids is 2. The molecule has 1 aliphatic rings. The molecule has 1 amide bonds. The summed E-state index contributed by atoms with van der Waals surface area (Å²) in [6.07, 6.45) is 2.20. The second-order valence-electron chi connectivity index (χ2n) is 5.83. The molecule has 0 saturated carbocycles. The van der Waals surface area contributed by atoms with E-state index in [4.69, 9.17) is 14.7 Å². The number of hydrogen-bond acceptors (Lipinski definition) is 6. The van der Waals surface area contributed by atoms with Gasteiger partial charge in [0.2, 0.25) is 5.91 Å². The average molecular weight is 344 g/mol. The summed E-state index contributed by atoms with van der Waals surface area (Å²) in [7, 11) is -1.27. The molecule has 2 N–H and O–H groups in total. The molecule has 0 fully saturated rings. The predicted octanol–water partition coefficient (Wildman–Crippen LogP) is 1.39. The van der Waals surface area contributed by atoms with Gasteiger partial charge in [0.15, 0.2) is 0 Å². The molecule has 2 rings (SSSR count). The van der Waals surface area contributed by atoms with E-state index < -0.39 is 19.0 Å². The fourth-order valence-electron chi connectivity index (χ4n) is 2.54. The van der Waals surface area contributed by atoms with Crippen LogP contribution in [-0.2, 0) is 16.0 Å². The normalized spacial score (nSPS) is 15.6. The maximum atomic E-state index is 12.2. The predicted molar refractivity (Wildman–Crippen MR) is 90.7 cm³/mol. The molecule has 0 bridgehead atoms. The van der Waals surface area contributed by atoms with Gasteiger partial charge in [-0.15, -0.1) is 0 Å². The summed E-state index contributed by atoms with van der Waals surface area (Å²) in [6, 6.07) is 6.98. The third-order valence-electron chi connectivity index (χ3n) is 3.88. The van der Waals surface area contributed by atoms with Crippen LogP contribution < -0.4 is 9.97 Å². The number of unbranched alkanes of at least 4 members (excludes halogenated alkanes) is 1. The van der Waals surface area contributed by atoms with Crippen LogP contribution in [0.3, 0.4) is 0 Å². The Balaban J connectivity index is 2.08. The lowest BCUT2D eigenvalue weighted by molar-refractivity contribution is -0.121. The second-order valence-corrected chi connectivity index (χ2v) is 5.83. The summed E-state index contributed by atoms with van der Waals surface area (Å²) in [5, 5.41) is 21.3. The molecule has 0 radical (unpaired) electrons. The molecular weight excluding hydrogens is 323 g/mol. The summed E-state index contributed by atoms with van der Waals surface area (Å²) in [5.41, 5.74) is 0.975. The zero-order valence-corrected chi connectivity index (χ0v) is 14.2. The smallest absolute Gasteiger partial charge is 0.534 e. The van der Waals surface area contributed by atoms with Crippen LogP contribution in [0.4, 0.5) is 0 Å².